The average molecular weight is 302 g/mol. The van der Waals surface area contributed by atoms with E-state index in [-0.39, 0.29) is 23.3 Å². The van der Waals surface area contributed by atoms with Gasteiger partial charge in [0.1, 0.15) is 5.54 Å². The minimum atomic E-state index is -0.833. The summed E-state index contributed by atoms with van der Waals surface area (Å²) in [6.07, 6.45) is 2.07. The molecule has 0 aromatic heterocycles. The van der Waals surface area contributed by atoms with Crippen LogP contribution in [0.1, 0.15) is 37.8 Å². The number of amides is 1. The zero-order valence-electron chi connectivity index (χ0n) is 13.7. The van der Waals surface area contributed by atoms with Crippen molar-refractivity contribution in [1.82, 2.24) is 5.32 Å². The SMILES string of the molecule is Cc1ccccc1CNC(=O)C1(N)C2CCCOC2C1(C)C. The van der Waals surface area contributed by atoms with Crippen LogP contribution in [0.2, 0.25) is 0 Å². The highest BCUT2D eigenvalue weighted by Gasteiger charge is 2.70. The standard InChI is InChI=1S/C18H26N2O2/c1-12-7-4-5-8-13(12)11-20-16(21)18(19)14-9-6-10-22-15(14)17(18,2)3/h4-5,7-8,14-15H,6,9-11,19H2,1-3H3,(H,20,21). The van der Waals surface area contributed by atoms with Gasteiger partial charge in [-0.05, 0) is 30.9 Å². The Labute approximate surface area is 132 Å². The van der Waals surface area contributed by atoms with E-state index in [4.69, 9.17) is 10.5 Å². The van der Waals surface area contributed by atoms with Gasteiger partial charge in [-0.1, -0.05) is 38.1 Å². The molecule has 3 unspecified atom stereocenters. The maximum atomic E-state index is 12.8. The van der Waals surface area contributed by atoms with Gasteiger partial charge in [-0.15, -0.1) is 0 Å². The van der Waals surface area contributed by atoms with Crippen LogP contribution in [0, 0.1) is 18.3 Å². The van der Waals surface area contributed by atoms with E-state index >= 15 is 0 Å². The van der Waals surface area contributed by atoms with Crippen molar-refractivity contribution in [2.75, 3.05) is 6.61 Å². The molecule has 1 aliphatic heterocycles. The van der Waals surface area contributed by atoms with Gasteiger partial charge in [0, 0.05) is 24.5 Å². The highest BCUT2D eigenvalue weighted by Crippen LogP contribution is 2.57. The molecule has 1 heterocycles. The first-order chi connectivity index (χ1) is 10.4. The third-order valence-electron chi connectivity index (χ3n) is 5.76. The average Bonchev–Trinajstić information content (AvgIpc) is 2.53. The minimum absolute atomic E-state index is 0.0486. The highest BCUT2D eigenvalue weighted by atomic mass is 16.5. The Bertz CT molecular complexity index is 584. The fourth-order valence-electron chi connectivity index (χ4n) is 4.17. The number of fused-ring (bicyclic) bond motifs is 1. The van der Waals surface area contributed by atoms with E-state index in [2.05, 4.69) is 18.3 Å². The molecule has 2 aliphatic rings. The number of ether oxygens (including phenoxy) is 1. The van der Waals surface area contributed by atoms with Crippen LogP contribution in [0.5, 0.6) is 0 Å². The van der Waals surface area contributed by atoms with Gasteiger partial charge in [-0.25, -0.2) is 0 Å². The highest BCUT2D eigenvalue weighted by molar-refractivity contribution is 5.89. The van der Waals surface area contributed by atoms with Crippen molar-refractivity contribution in [3.05, 3.63) is 35.4 Å². The Morgan fingerprint density at radius 2 is 2.14 bits per heavy atom. The lowest BCUT2D eigenvalue weighted by Crippen LogP contribution is -2.82. The smallest absolute Gasteiger partial charge is 0.241 e. The molecular formula is C18H26N2O2. The number of nitrogens with one attached hydrogen (secondary N) is 1. The van der Waals surface area contributed by atoms with Crippen LogP contribution in [0.15, 0.2) is 24.3 Å². The lowest BCUT2D eigenvalue weighted by Gasteiger charge is -2.65. The monoisotopic (exact) mass is 302 g/mol. The Morgan fingerprint density at radius 1 is 1.41 bits per heavy atom. The lowest BCUT2D eigenvalue weighted by molar-refractivity contribution is -0.225. The van der Waals surface area contributed by atoms with Gasteiger partial charge < -0.3 is 15.8 Å². The van der Waals surface area contributed by atoms with Crippen LogP contribution in [-0.2, 0) is 16.1 Å². The van der Waals surface area contributed by atoms with E-state index in [0.717, 1.165) is 25.0 Å². The van der Waals surface area contributed by atoms with Crippen LogP contribution >= 0.6 is 0 Å². The summed E-state index contributed by atoms with van der Waals surface area (Å²) in [6, 6.07) is 8.09. The van der Waals surface area contributed by atoms with Crippen molar-refractivity contribution in [2.45, 2.75) is 51.8 Å². The number of benzene rings is 1. The Morgan fingerprint density at radius 3 is 2.86 bits per heavy atom. The molecule has 3 atom stereocenters. The molecule has 2 fully saturated rings. The molecule has 1 amide bonds. The van der Waals surface area contributed by atoms with E-state index in [1.54, 1.807) is 0 Å². The van der Waals surface area contributed by atoms with Gasteiger partial charge in [0.15, 0.2) is 0 Å². The molecule has 120 valence electrons. The molecule has 1 aliphatic carbocycles. The molecule has 0 bridgehead atoms. The van der Waals surface area contributed by atoms with Crippen LogP contribution in [0.4, 0.5) is 0 Å². The third kappa shape index (κ3) is 2.09. The first-order valence-corrected chi connectivity index (χ1v) is 8.12. The summed E-state index contributed by atoms with van der Waals surface area (Å²) in [5.41, 5.74) is 7.74. The summed E-state index contributed by atoms with van der Waals surface area (Å²) < 4.78 is 5.86. The fraction of sp³-hybridized carbons (Fsp3) is 0.611. The number of rotatable bonds is 3. The van der Waals surface area contributed by atoms with Crippen molar-refractivity contribution in [1.29, 1.82) is 0 Å². The zero-order valence-corrected chi connectivity index (χ0v) is 13.7. The van der Waals surface area contributed by atoms with Crippen molar-refractivity contribution < 1.29 is 9.53 Å². The second-order valence-electron chi connectivity index (χ2n) is 7.24. The summed E-state index contributed by atoms with van der Waals surface area (Å²) in [5, 5.41) is 3.05. The molecule has 0 radical (unpaired) electrons. The normalized spacial score (nSPS) is 32.7. The fourth-order valence-corrected chi connectivity index (χ4v) is 4.17. The van der Waals surface area contributed by atoms with Crippen LogP contribution in [0.3, 0.4) is 0 Å². The van der Waals surface area contributed by atoms with Gasteiger partial charge >= 0.3 is 0 Å². The van der Waals surface area contributed by atoms with E-state index < -0.39 is 5.54 Å². The largest absolute Gasteiger partial charge is 0.377 e. The summed E-state index contributed by atoms with van der Waals surface area (Å²) >= 11 is 0. The summed E-state index contributed by atoms with van der Waals surface area (Å²) in [7, 11) is 0. The Kier molecular flexibility index (Phi) is 3.77. The summed E-state index contributed by atoms with van der Waals surface area (Å²) in [6.45, 7) is 7.46. The number of hydrogen-bond donors (Lipinski definition) is 2. The Hall–Kier alpha value is -1.39. The molecule has 1 saturated heterocycles. The molecule has 1 aromatic rings. The number of carbonyl (C=O) groups excluding carboxylic acids is 1. The maximum Gasteiger partial charge on any atom is 0.241 e. The first kappa shape index (κ1) is 15.5. The van der Waals surface area contributed by atoms with Crippen molar-refractivity contribution in [3.8, 4) is 0 Å². The molecule has 3 N–H and O–H groups in total. The van der Waals surface area contributed by atoms with Gasteiger partial charge in [0.2, 0.25) is 5.91 Å². The number of nitrogens with two attached hydrogens (primary N) is 1. The van der Waals surface area contributed by atoms with Crippen molar-refractivity contribution >= 4 is 5.91 Å². The third-order valence-corrected chi connectivity index (χ3v) is 5.76. The van der Waals surface area contributed by atoms with E-state index in [0.29, 0.717) is 6.54 Å². The number of carbonyl (C=O) groups is 1. The maximum absolute atomic E-state index is 12.8. The lowest BCUT2D eigenvalue weighted by atomic mass is 9.46. The minimum Gasteiger partial charge on any atom is -0.377 e. The van der Waals surface area contributed by atoms with E-state index in [1.807, 2.05) is 32.0 Å². The molecule has 4 heteroatoms. The topological polar surface area (TPSA) is 64.4 Å². The van der Waals surface area contributed by atoms with Crippen LogP contribution in [0.25, 0.3) is 0 Å². The Balaban J connectivity index is 1.73. The van der Waals surface area contributed by atoms with Gasteiger partial charge in [0.25, 0.3) is 0 Å². The molecule has 1 aromatic carbocycles. The quantitative estimate of drug-likeness (QED) is 0.899. The van der Waals surface area contributed by atoms with Crippen molar-refractivity contribution in [2.24, 2.45) is 17.1 Å². The molecular weight excluding hydrogens is 276 g/mol. The summed E-state index contributed by atoms with van der Waals surface area (Å²) in [4.78, 5) is 12.8. The second kappa shape index (κ2) is 5.36. The molecule has 0 spiro atoms. The first-order valence-electron chi connectivity index (χ1n) is 8.12. The van der Waals surface area contributed by atoms with Crippen molar-refractivity contribution in [3.63, 3.8) is 0 Å². The van der Waals surface area contributed by atoms with Crippen LogP contribution in [-0.4, -0.2) is 24.2 Å². The number of aryl methyl sites for hydroxylation is 1. The predicted octanol–water partition coefficient (Wildman–Crippen LogP) is 2.14. The van der Waals surface area contributed by atoms with Gasteiger partial charge in [0.05, 0.1) is 6.10 Å². The van der Waals surface area contributed by atoms with E-state index in [1.165, 1.54) is 5.56 Å². The molecule has 22 heavy (non-hydrogen) atoms. The molecule has 1 saturated carbocycles. The molecule has 3 rings (SSSR count). The van der Waals surface area contributed by atoms with Gasteiger partial charge in [-0.2, -0.15) is 0 Å². The number of hydrogen-bond acceptors (Lipinski definition) is 3. The zero-order chi connectivity index (χ0) is 16.0. The molecule has 4 nitrogen and oxygen atoms in total. The van der Waals surface area contributed by atoms with E-state index in [9.17, 15) is 4.79 Å². The predicted molar refractivity (Wildman–Crippen MR) is 86.2 cm³/mol. The van der Waals surface area contributed by atoms with Crippen LogP contribution < -0.4 is 11.1 Å². The summed E-state index contributed by atoms with van der Waals surface area (Å²) in [5.74, 6) is 0.0839. The van der Waals surface area contributed by atoms with Gasteiger partial charge in [-0.3, -0.25) is 4.79 Å². The second-order valence-corrected chi connectivity index (χ2v) is 7.24.